The second kappa shape index (κ2) is 12.7. The van der Waals surface area contributed by atoms with Crippen molar-refractivity contribution in [1.82, 2.24) is 4.57 Å². The van der Waals surface area contributed by atoms with Crippen molar-refractivity contribution < 1.29 is 23.2 Å². The summed E-state index contributed by atoms with van der Waals surface area (Å²) in [6.07, 6.45) is 10.8. The van der Waals surface area contributed by atoms with E-state index in [1.165, 1.54) is 0 Å². The van der Waals surface area contributed by atoms with Crippen molar-refractivity contribution in [2.75, 3.05) is 29.5 Å². The van der Waals surface area contributed by atoms with Gasteiger partial charge in [0.25, 0.3) is 5.82 Å². The Hall–Kier alpha value is -6.69. The Balaban J connectivity index is 1.18. The first-order valence-electron chi connectivity index (χ1n) is 16.6. The fraction of sp³-hybridized carbons (Fsp3) is 0.167. The summed E-state index contributed by atoms with van der Waals surface area (Å²) in [4.78, 5) is 4.56. The fourth-order valence-electron chi connectivity index (χ4n) is 7.08. The van der Waals surface area contributed by atoms with Gasteiger partial charge in [0.2, 0.25) is 0 Å². The van der Waals surface area contributed by atoms with Crippen LogP contribution in [0.2, 0.25) is 0 Å². The van der Waals surface area contributed by atoms with E-state index in [4.69, 9.17) is 18.7 Å². The van der Waals surface area contributed by atoms with Gasteiger partial charge < -0.3 is 28.5 Å². The van der Waals surface area contributed by atoms with Gasteiger partial charge >= 0.3 is 0 Å². The molecule has 4 aromatic carbocycles. The minimum atomic E-state index is 0.345. The molecule has 0 radical (unpaired) electrons. The van der Waals surface area contributed by atoms with Gasteiger partial charge in [0.05, 0.1) is 31.5 Å². The highest BCUT2D eigenvalue weighted by molar-refractivity contribution is 6.10. The van der Waals surface area contributed by atoms with E-state index in [-0.39, 0.29) is 0 Å². The molecule has 7 aromatic rings. The average molecular weight is 658 g/mol. The highest BCUT2D eigenvalue weighted by Gasteiger charge is 2.31. The third kappa shape index (κ3) is 5.05. The zero-order valence-corrected chi connectivity index (χ0v) is 27.9. The molecule has 8 nitrogen and oxygen atoms in total. The molecule has 0 unspecified atom stereocenters. The number of aromatic nitrogens is 2. The van der Waals surface area contributed by atoms with E-state index >= 15 is 0 Å². The molecule has 0 bridgehead atoms. The number of aliphatic hydroxyl groups excluding tert-OH is 1. The minimum Gasteiger partial charge on any atom is -0.461 e. The van der Waals surface area contributed by atoms with Crippen molar-refractivity contribution in [3.63, 3.8) is 0 Å². The van der Waals surface area contributed by atoms with Crippen LogP contribution in [-0.2, 0) is 18.3 Å². The number of rotatable bonds is 7. The van der Waals surface area contributed by atoms with Crippen LogP contribution < -0.4 is 14.4 Å². The molecule has 0 saturated heterocycles. The number of furan rings is 2. The SMILES string of the molecule is CCN1C(=CC=Cc2n(CC)c3cc4oc5ccccc5c4cc3[n+]2C)N(CCOC#CC#CC#CO)c2cc3c(cc21)oc1ccccc13. The Morgan fingerprint density at radius 1 is 0.760 bits per heavy atom. The second-order valence-corrected chi connectivity index (χ2v) is 11.9. The molecule has 1 N–H and O–H groups in total. The molecule has 1 aliphatic heterocycles. The largest absolute Gasteiger partial charge is 0.461 e. The highest BCUT2D eigenvalue weighted by Crippen LogP contribution is 2.46. The predicted molar refractivity (Wildman–Crippen MR) is 198 cm³/mol. The van der Waals surface area contributed by atoms with Crippen molar-refractivity contribution in [2.45, 2.75) is 20.4 Å². The second-order valence-electron chi connectivity index (χ2n) is 11.9. The molecule has 0 spiro atoms. The van der Waals surface area contributed by atoms with Crippen LogP contribution in [0.3, 0.4) is 0 Å². The quantitative estimate of drug-likeness (QED) is 0.107. The summed E-state index contributed by atoms with van der Waals surface area (Å²) in [6, 6.07) is 25.1. The number of nitrogens with zero attached hydrogens (tertiary/aromatic N) is 4. The smallest absolute Gasteiger partial charge is 0.282 e. The number of benzene rings is 4. The van der Waals surface area contributed by atoms with Crippen LogP contribution in [0.15, 0.2) is 99.6 Å². The maximum atomic E-state index is 8.57. The lowest BCUT2D eigenvalue weighted by atomic mass is 10.1. The van der Waals surface area contributed by atoms with Gasteiger partial charge in [-0.2, -0.15) is 0 Å². The van der Waals surface area contributed by atoms with Gasteiger partial charge in [-0.05, 0) is 38.1 Å². The van der Waals surface area contributed by atoms with Crippen molar-refractivity contribution in [3.05, 3.63) is 96.6 Å². The van der Waals surface area contributed by atoms with Gasteiger partial charge in [-0.15, -0.1) is 0 Å². The van der Waals surface area contributed by atoms with E-state index in [1.54, 1.807) is 6.11 Å². The monoisotopic (exact) mass is 657 g/mol. The summed E-state index contributed by atoms with van der Waals surface area (Å²) >= 11 is 0. The Morgan fingerprint density at radius 3 is 2.16 bits per heavy atom. The molecule has 50 heavy (non-hydrogen) atoms. The number of aliphatic hydroxyl groups is 1. The summed E-state index contributed by atoms with van der Waals surface area (Å²) in [5, 5.41) is 13.0. The van der Waals surface area contributed by atoms with Crippen LogP contribution in [0, 0.1) is 35.9 Å². The Morgan fingerprint density at radius 2 is 1.44 bits per heavy atom. The standard InChI is InChI=1S/C42H32N4O4/c1-4-44-35-27-39-31(29-15-8-10-17-37(29)49-39)25-33(35)43(3)41(44)19-14-20-42-45(5-2)36-28-40-32(30-16-9-11-18-38(30)50-40)26-34(36)46(42)21-24-48-23-13-7-6-12-22-47/h8-11,14-20,25-28H,4-5,21,24H2,1-3H3/p+1. The highest BCUT2D eigenvalue weighted by atomic mass is 16.5. The van der Waals surface area contributed by atoms with Gasteiger partial charge in [0.15, 0.2) is 11.0 Å². The zero-order valence-electron chi connectivity index (χ0n) is 27.9. The number of hydrogen-bond donors (Lipinski definition) is 1. The molecule has 8 heteroatoms. The van der Waals surface area contributed by atoms with E-state index in [9.17, 15) is 0 Å². The maximum absolute atomic E-state index is 8.57. The molecule has 1 aliphatic rings. The van der Waals surface area contributed by atoms with Gasteiger partial charge in [0, 0.05) is 76.0 Å². The van der Waals surface area contributed by atoms with E-state index in [0.29, 0.717) is 13.2 Å². The molecule has 244 valence electrons. The minimum absolute atomic E-state index is 0.345. The van der Waals surface area contributed by atoms with E-state index in [0.717, 1.165) is 91.0 Å². The number of fused-ring (bicyclic) bond motifs is 8. The average Bonchev–Trinajstić information content (AvgIpc) is 3.85. The number of allylic oxidation sites excluding steroid dienone is 2. The van der Waals surface area contributed by atoms with Crippen LogP contribution in [0.25, 0.3) is 61.0 Å². The van der Waals surface area contributed by atoms with Crippen molar-refractivity contribution >= 4 is 72.4 Å². The van der Waals surface area contributed by atoms with Crippen LogP contribution in [0.4, 0.5) is 11.4 Å². The molecular weight excluding hydrogens is 624 g/mol. The van der Waals surface area contributed by atoms with Crippen molar-refractivity contribution in [3.8, 4) is 35.9 Å². The molecule has 3 aromatic heterocycles. The molecule has 0 atom stereocenters. The summed E-state index contributed by atoms with van der Waals surface area (Å²) in [5.41, 5.74) is 7.91. The fourth-order valence-corrected chi connectivity index (χ4v) is 7.08. The summed E-state index contributed by atoms with van der Waals surface area (Å²) in [5.74, 6) is 11.9. The van der Waals surface area contributed by atoms with Crippen LogP contribution in [0.5, 0.6) is 0 Å². The number of imidazole rings is 1. The number of anilines is 2. The normalized spacial score (nSPS) is 13.3. The maximum Gasteiger partial charge on any atom is 0.282 e. The molecule has 0 fully saturated rings. The Bertz CT molecular complexity index is 2730. The predicted octanol–water partition coefficient (Wildman–Crippen LogP) is 7.80. The summed E-state index contributed by atoms with van der Waals surface area (Å²) in [6.45, 7) is 6.78. The van der Waals surface area contributed by atoms with Gasteiger partial charge in [-0.3, -0.25) is 0 Å². The lowest BCUT2D eigenvalue weighted by Crippen LogP contribution is -2.31. The molecule has 0 aliphatic carbocycles. The van der Waals surface area contributed by atoms with Crippen LogP contribution in [0.1, 0.15) is 19.7 Å². The lowest BCUT2D eigenvalue weighted by Gasteiger charge is -2.23. The third-order valence-electron chi connectivity index (χ3n) is 9.26. The van der Waals surface area contributed by atoms with E-state index in [1.807, 2.05) is 30.3 Å². The van der Waals surface area contributed by atoms with Crippen LogP contribution in [-0.4, -0.2) is 29.4 Å². The number of aryl methyl sites for hydroxylation is 2. The first-order valence-corrected chi connectivity index (χ1v) is 16.6. The number of ether oxygens (including phenoxy) is 1. The van der Waals surface area contributed by atoms with Gasteiger partial charge in [-0.1, -0.05) is 42.5 Å². The third-order valence-corrected chi connectivity index (χ3v) is 9.26. The zero-order chi connectivity index (χ0) is 34.2. The summed E-state index contributed by atoms with van der Waals surface area (Å²) in [7, 11) is 2.12. The molecule has 4 heterocycles. The van der Waals surface area contributed by atoms with Crippen molar-refractivity contribution in [1.29, 1.82) is 0 Å². The van der Waals surface area contributed by atoms with Gasteiger partial charge in [0.1, 0.15) is 47.0 Å². The van der Waals surface area contributed by atoms with E-state index < -0.39 is 0 Å². The lowest BCUT2D eigenvalue weighted by molar-refractivity contribution is -0.647. The topological polar surface area (TPSA) is 71.0 Å². The Kier molecular flexibility index (Phi) is 7.80. The molecular formula is C42H33N4O4+. The van der Waals surface area contributed by atoms with Gasteiger partial charge in [-0.25, -0.2) is 9.13 Å². The Labute approximate surface area is 289 Å². The van der Waals surface area contributed by atoms with Crippen molar-refractivity contribution in [2.24, 2.45) is 7.05 Å². The molecule has 0 saturated carbocycles. The first kappa shape index (κ1) is 30.6. The number of para-hydroxylation sites is 2. The summed E-state index contributed by atoms with van der Waals surface area (Å²) < 4.78 is 22.7. The van der Waals surface area contributed by atoms with E-state index in [2.05, 4.69) is 130 Å². The molecule has 0 amide bonds. The van der Waals surface area contributed by atoms with Crippen LogP contribution >= 0.6 is 0 Å². The molecule has 8 rings (SSSR count). The number of hydrogen-bond acceptors (Lipinski definition) is 6. The first-order chi connectivity index (χ1) is 24.6.